The molecule has 0 saturated carbocycles. The van der Waals surface area contributed by atoms with E-state index in [1.165, 1.54) is 5.56 Å². The molecule has 0 N–H and O–H groups in total. The Morgan fingerprint density at radius 1 is 1.00 bits per heavy atom. The van der Waals surface area contributed by atoms with Crippen molar-refractivity contribution in [3.05, 3.63) is 53.7 Å². The first kappa shape index (κ1) is 16.9. The third kappa shape index (κ3) is 3.31. The lowest BCUT2D eigenvalue weighted by Gasteiger charge is -2.23. The normalized spacial score (nSPS) is 10.8. The van der Waals surface area contributed by atoms with Crippen LogP contribution < -0.4 is 4.90 Å². The highest BCUT2D eigenvalue weighted by Gasteiger charge is 2.15. The summed E-state index contributed by atoms with van der Waals surface area (Å²) in [6, 6.07) is 12.0. The van der Waals surface area contributed by atoms with Crippen molar-refractivity contribution in [2.24, 2.45) is 0 Å². The maximum atomic E-state index is 12.2. The van der Waals surface area contributed by atoms with Crippen molar-refractivity contribution in [3.8, 4) is 11.4 Å². The Hall–Kier alpha value is -2.95. The molecular formula is C20H22N4O. The van der Waals surface area contributed by atoms with Crippen LogP contribution in [0.15, 0.2) is 42.6 Å². The smallest absolute Gasteiger partial charge is 0.323 e. The van der Waals surface area contributed by atoms with Gasteiger partial charge in [0, 0.05) is 44.0 Å². The summed E-state index contributed by atoms with van der Waals surface area (Å²) in [5.74, 6) is 0.688. The number of benzene rings is 2. The second kappa shape index (κ2) is 6.51. The Morgan fingerprint density at radius 3 is 2.44 bits per heavy atom. The van der Waals surface area contributed by atoms with E-state index in [1.807, 2.05) is 37.4 Å². The number of hydrogen-bond donors (Lipinski definition) is 0. The van der Waals surface area contributed by atoms with Crippen molar-refractivity contribution in [2.45, 2.75) is 13.8 Å². The van der Waals surface area contributed by atoms with Gasteiger partial charge in [0.25, 0.3) is 0 Å². The van der Waals surface area contributed by atoms with E-state index in [2.05, 4.69) is 29.0 Å². The zero-order valence-electron chi connectivity index (χ0n) is 15.2. The number of rotatable bonds is 2. The molecule has 3 rings (SSSR count). The first-order valence-electron chi connectivity index (χ1n) is 8.16. The second-order valence-electron chi connectivity index (χ2n) is 6.49. The first-order valence-corrected chi connectivity index (χ1v) is 8.16. The van der Waals surface area contributed by atoms with E-state index >= 15 is 0 Å². The van der Waals surface area contributed by atoms with Crippen LogP contribution in [-0.2, 0) is 0 Å². The quantitative estimate of drug-likeness (QED) is 0.711. The molecule has 25 heavy (non-hydrogen) atoms. The summed E-state index contributed by atoms with van der Waals surface area (Å²) in [6.07, 6.45) is 1.86. The number of aryl methyl sites for hydroxylation is 2. The summed E-state index contributed by atoms with van der Waals surface area (Å²) in [7, 11) is 5.26. The molecule has 5 nitrogen and oxygen atoms in total. The molecule has 0 aliphatic heterocycles. The van der Waals surface area contributed by atoms with E-state index in [-0.39, 0.29) is 6.03 Å². The maximum Gasteiger partial charge on any atom is 0.323 e. The monoisotopic (exact) mass is 334 g/mol. The van der Waals surface area contributed by atoms with Crippen LogP contribution in [0.4, 0.5) is 10.5 Å². The lowest BCUT2D eigenvalue weighted by Crippen LogP contribution is -2.36. The minimum absolute atomic E-state index is 0.0619. The molecule has 0 saturated heterocycles. The van der Waals surface area contributed by atoms with Gasteiger partial charge in [0.1, 0.15) is 0 Å². The van der Waals surface area contributed by atoms with Crippen molar-refractivity contribution >= 4 is 22.6 Å². The summed E-state index contributed by atoms with van der Waals surface area (Å²) in [6.45, 7) is 4.05. The molecule has 0 bridgehead atoms. The summed E-state index contributed by atoms with van der Waals surface area (Å²) in [5.41, 5.74) is 4.94. The van der Waals surface area contributed by atoms with Crippen LogP contribution in [0.1, 0.15) is 11.1 Å². The van der Waals surface area contributed by atoms with Crippen LogP contribution in [0.2, 0.25) is 0 Å². The van der Waals surface area contributed by atoms with Crippen LogP contribution in [0.3, 0.4) is 0 Å². The molecule has 5 heteroatoms. The van der Waals surface area contributed by atoms with E-state index in [4.69, 9.17) is 0 Å². The van der Waals surface area contributed by atoms with Crippen LogP contribution >= 0.6 is 0 Å². The molecule has 1 heterocycles. The van der Waals surface area contributed by atoms with Crippen molar-refractivity contribution in [1.82, 2.24) is 14.9 Å². The van der Waals surface area contributed by atoms with E-state index in [9.17, 15) is 4.79 Å². The van der Waals surface area contributed by atoms with Crippen molar-refractivity contribution in [2.75, 3.05) is 26.0 Å². The molecule has 3 aromatic rings. The van der Waals surface area contributed by atoms with Crippen LogP contribution in [0, 0.1) is 13.8 Å². The van der Waals surface area contributed by atoms with Crippen LogP contribution in [0.5, 0.6) is 0 Å². The highest BCUT2D eigenvalue weighted by atomic mass is 16.2. The number of urea groups is 1. The summed E-state index contributed by atoms with van der Waals surface area (Å²) in [4.78, 5) is 24.5. The highest BCUT2D eigenvalue weighted by Crippen LogP contribution is 2.26. The third-order valence-electron chi connectivity index (χ3n) is 4.22. The Kier molecular flexibility index (Phi) is 4.40. The molecule has 0 radical (unpaired) electrons. The van der Waals surface area contributed by atoms with E-state index in [1.54, 1.807) is 30.9 Å². The van der Waals surface area contributed by atoms with Gasteiger partial charge >= 0.3 is 6.03 Å². The average molecular weight is 334 g/mol. The van der Waals surface area contributed by atoms with Gasteiger partial charge in [0.05, 0.1) is 5.52 Å². The molecule has 128 valence electrons. The molecule has 0 spiro atoms. The minimum Gasteiger partial charge on any atom is -0.330 e. The van der Waals surface area contributed by atoms with E-state index in [0.29, 0.717) is 5.82 Å². The van der Waals surface area contributed by atoms with Gasteiger partial charge in [-0.1, -0.05) is 11.6 Å². The highest BCUT2D eigenvalue weighted by molar-refractivity contribution is 5.92. The van der Waals surface area contributed by atoms with Gasteiger partial charge in [-0.25, -0.2) is 14.8 Å². The van der Waals surface area contributed by atoms with E-state index in [0.717, 1.165) is 27.7 Å². The number of nitrogens with zero attached hydrogens (tertiary/aromatic N) is 4. The van der Waals surface area contributed by atoms with Gasteiger partial charge < -0.3 is 4.90 Å². The number of fused-ring (bicyclic) bond motifs is 1. The fourth-order valence-corrected chi connectivity index (χ4v) is 2.87. The van der Waals surface area contributed by atoms with Gasteiger partial charge in [0.15, 0.2) is 5.82 Å². The Bertz CT molecular complexity index is 950. The van der Waals surface area contributed by atoms with Crippen molar-refractivity contribution < 1.29 is 4.79 Å². The fourth-order valence-electron chi connectivity index (χ4n) is 2.87. The van der Waals surface area contributed by atoms with E-state index < -0.39 is 0 Å². The standard InChI is InChI=1S/C20H22N4O/c1-13-6-8-17-16(10-13)12-21-19(22-17)15-7-9-18(14(2)11-15)24(5)20(25)23(3)4/h6-12H,1-5H3. The number of carbonyl (C=O) groups excluding carboxylic acids is 1. The predicted octanol–water partition coefficient (Wildman–Crippen LogP) is 4.03. The topological polar surface area (TPSA) is 49.3 Å². The number of aromatic nitrogens is 2. The lowest BCUT2D eigenvalue weighted by molar-refractivity contribution is 0.225. The molecule has 0 fully saturated rings. The molecule has 1 aromatic heterocycles. The van der Waals surface area contributed by atoms with Gasteiger partial charge in [-0.15, -0.1) is 0 Å². The molecular weight excluding hydrogens is 312 g/mol. The van der Waals surface area contributed by atoms with Gasteiger partial charge in [-0.05, 0) is 49.7 Å². The zero-order valence-corrected chi connectivity index (χ0v) is 15.2. The zero-order chi connectivity index (χ0) is 18.1. The largest absolute Gasteiger partial charge is 0.330 e. The number of amides is 2. The summed E-state index contributed by atoms with van der Waals surface area (Å²) < 4.78 is 0. The molecule has 2 aromatic carbocycles. The SMILES string of the molecule is Cc1ccc2nc(-c3ccc(N(C)C(=O)N(C)C)c(C)c3)ncc2c1. The molecule has 2 amide bonds. The molecule has 0 unspecified atom stereocenters. The second-order valence-corrected chi connectivity index (χ2v) is 6.49. The minimum atomic E-state index is -0.0619. The Balaban J connectivity index is 1.98. The third-order valence-corrected chi connectivity index (χ3v) is 4.22. The van der Waals surface area contributed by atoms with Crippen molar-refractivity contribution in [3.63, 3.8) is 0 Å². The Labute approximate surface area is 147 Å². The first-order chi connectivity index (χ1) is 11.9. The van der Waals surface area contributed by atoms with Crippen LogP contribution in [-0.4, -0.2) is 42.0 Å². The molecule has 0 atom stereocenters. The predicted molar refractivity (Wildman–Crippen MR) is 102 cm³/mol. The lowest BCUT2D eigenvalue weighted by atomic mass is 10.1. The average Bonchev–Trinajstić information content (AvgIpc) is 2.59. The Morgan fingerprint density at radius 2 is 1.76 bits per heavy atom. The van der Waals surface area contributed by atoms with Gasteiger partial charge in [-0.3, -0.25) is 4.90 Å². The van der Waals surface area contributed by atoms with Crippen LogP contribution in [0.25, 0.3) is 22.3 Å². The summed E-state index contributed by atoms with van der Waals surface area (Å²) in [5, 5.41) is 1.04. The fraction of sp³-hybridized carbons (Fsp3) is 0.250. The number of hydrogen-bond acceptors (Lipinski definition) is 3. The van der Waals surface area contributed by atoms with Gasteiger partial charge in [0.2, 0.25) is 0 Å². The van der Waals surface area contributed by atoms with Gasteiger partial charge in [-0.2, -0.15) is 0 Å². The van der Waals surface area contributed by atoms with Crippen molar-refractivity contribution in [1.29, 1.82) is 0 Å². The maximum absolute atomic E-state index is 12.2. The number of carbonyl (C=O) groups is 1. The number of anilines is 1. The molecule has 0 aliphatic rings. The summed E-state index contributed by atoms with van der Waals surface area (Å²) >= 11 is 0. The molecule has 0 aliphatic carbocycles.